The molecule has 3 rings (SSSR count). The van der Waals surface area contributed by atoms with Crippen molar-refractivity contribution in [1.29, 1.82) is 0 Å². The number of aryl methyl sites for hydroxylation is 1. The summed E-state index contributed by atoms with van der Waals surface area (Å²) in [5.74, 6) is 0.721. The molecule has 3 nitrogen and oxygen atoms in total. The minimum Gasteiger partial charge on any atom is -0.394 e. The molecule has 1 aliphatic rings. The van der Waals surface area contributed by atoms with E-state index in [0.717, 1.165) is 37.7 Å². The number of Topliss-reactive ketones (excluding diaryl/α,β-unsaturated/α-hetero) is 1. The average Bonchev–Trinajstić information content (AvgIpc) is 3.06. The van der Waals surface area contributed by atoms with Crippen LogP contribution in [0.3, 0.4) is 0 Å². The summed E-state index contributed by atoms with van der Waals surface area (Å²) in [6, 6.07) is 18.7. The van der Waals surface area contributed by atoms with Gasteiger partial charge in [-0.1, -0.05) is 54.6 Å². The minimum absolute atomic E-state index is 0.0546. The predicted octanol–water partition coefficient (Wildman–Crippen LogP) is 3.78. The lowest BCUT2D eigenvalue weighted by atomic mass is 9.92. The summed E-state index contributed by atoms with van der Waals surface area (Å²) >= 11 is 0. The Morgan fingerprint density at radius 2 is 1.81 bits per heavy atom. The topological polar surface area (TPSA) is 63.3 Å². The van der Waals surface area contributed by atoms with Gasteiger partial charge in [0, 0.05) is 18.4 Å². The number of carbonyl (C=O) groups is 1. The lowest BCUT2D eigenvalue weighted by molar-refractivity contribution is -0.118. The maximum atomic E-state index is 12.2. The van der Waals surface area contributed by atoms with Crippen molar-refractivity contribution in [1.82, 2.24) is 0 Å². The van der Waals surface area contributed by atoms with Crippen LogP contribution < -0.4 is 5.73 Å². The van der Waals surface area contributed by atoms with Crippen molar-refractivity contribution in [3.8, 4) is 0 Å². The highest BCUT2D eigenvalue weighted by Gasteiger charge is 2.35. The van der Waals surface area contributed by atoms with Crippen molar-refractivity contribution in [2.45, 2.75) is 56.4 Å². The van der Waals surface area contributed by atoms with E-state index in [1.165, 1.54) is 11.1 Å². The van der Waals surface area contributed by atoms with Gasteiger partial charge in [-0.15, -0.1) is 0 Å². The molecule has 0 heterocycles. The Bertz CT molecular complexity index is 711. The molecule has 0 radical (unpaired) electrons. The molecule has 26 heavy (non-hydrogen) atoms. The average molecular weight is 351 g/mol. The van der Waals surface area contributed by atoms with Gasteiger partial charge in [0.2, 0.25) is 0 Å². The summed E-state index contributed by atoms with van der Waals surface area (Å²) in [4.78, 5) is 12.2. The standard InChI is InChI=1S/C23H29NO2/c24-23(17-25)14-13-21(16-23)20-11-9-19(10-12-20)15-22(26)8-4-7-18-5-2-1-3-6-18/h1-3,5-6,9-12,21,25H,4,7-8,13-17,24H2. The lowest BCUT2D eigenvalue weighted by Gasteiger charge is -2.20. The quantitative estimate of drug-likeness (QED) is 0.761. The van der Waals surface area contributed by atoms with Gasteiger partial charge < -0.3 is 10.8 Å². The van der Waals surface area contributed by atoms with Crippen LogP contribution in [0.4, 0.5) is 0 Å². The van der Waals surface area contributed by atoms with E-state index in [1.54, 1.807) is 0 Å². The molecule has 2 atom stereocenters. The van der Waals surface area contributed by atoms with E-state index in [4.69, 9.17) is 5.73 Å². The number of nitrogens with two attached hydrogens (primary N) is 1. The van der Waals surface area contributed by atoms with Crippen LogP contribution in [0.1, 0.15) is 54.7 Å². The first-order valence-corrected chi connectivity index (χ1v) is 9.62. The molecule has 0 amide bonds. The summed E-state index contributed by atoms with van der Waals surface area (Å²) in [6.07, 6.45) is 5.73. The summed E-state index contributed by atoms with van der Waals surface area (Å²) < 4.78 is 0. The van der Waals surface area contributed by atoms with Gasteiger partial charge in [-0.3, -0.25) is 4.79 Å². The monoisotopic (exact) mass is 351 g/mol. The molecule has 0 saturated heterocycles. The minimum atomic E-state index is -0.419. The third kappa shape index (κ3) is 5.03. The highest BCUT2D eigenvalue weighted by molar-refractivity contribution is 5.80. The molecule has 2 unspecified atom stereocenters. The van der Waals surface area contributed by atoms with Crippen LogP contribution >= 0.6 is 0 Å². The van der Waals surface area contributed by atoms with E-state index in [1.807, 2.05) is 18.2 Å². The second kappa shape index (κ2) is 8.61. The molecule has 0 aliphatic heterocycles. The third-order valence-corrected chi connectivity index (χ3v) is 5.57. The van der Waals surface area contributed by atoms with Gasteiger partial charge in [0.05, 0.1) is 6.61 Å². The van der Waals surface area contributed by atoms with Gasteiger partial charge in [0.1, 0.15) is 5.78 Å². The maximum absolute atomic E-state index is 12.2. The molecule has 2 aromatic rings. The second-order valence-electron chi connectivity index (χ2n) is 7.76. The van der Waals surface area contributed by atoms with Gasteiger partial charge in [0.15, 0.2) is 0 Å². The van der Waals surface area contributed by atoms with Crippen LogP contribution in [0.5, 0.6) is 0 Å². The van der Waals surface area contributed by atoms with E-state index >= 15 is 0 Å². The van der Waals surface area contributed by atoms with Crippen LogP contribution in [0.25, 0.3) is 0 Å². The van der Waals surface area contributed by atoms with Crippen molar-refractivity contribution in [2.24, 2.45) is 5.73 Å². The largest absolute Gasteiger partial charge is 0.394 e. The fourth-order valence-corrected chi connectivity index (χ4v) is 3.94. The number of rotatable bonds is 8. The Morgan fingerprint density at radius 3 is 2.46 bits per heavy atom. The van der Waals surface area contributed by atoms with Crippen LogP contribution in [-0.2, 0) is 17.6 Å². The molecular weight excluding hydrogens is 322 g/mol. The number of aliphatic hydroxyl groups excluding tert-OH is 1. The lowest BCUT2D eigenvalue weighted by Crippen LogP contribution is -2.40. The number of aliphatic hydroxyl groups is 1. The first-order chi connectivity index (χ1) is 12.6. The molecular formula is C23H29NO2. The molecule has 2 aromatic carbocycles. The smallest absolute Gasteiger partial charge is 0.137 e. The van der Waals surface area contributed by atoms with Crippen LogP contribution in [0, 0.1) is 0 Å². The Morgan fingerprint density at radius 1 is 1.08 bits per heavy atom. The Balaban J connectivity index is 1.46. The molecule has 3 heteroatoms. The Labute approximate surface area is 156 Å². The number of hydrogen-bond acceptors (Lipinski definition) is 3. The maximum Gasteiger partial charge on any atom is 0.137 e. The van der Waals surface area contributed by atoms with E-state index in [9.17, 15) is 9.90 Å². The zero-order valence-corrected chi connectivity index (χ0v) is 15.4. The van der Waals surface area contributed by atoms with Gasteiger partial charge in [-0.05, 0) is 54.7 Å². The summed E-state index contributed by atoms with van der Waals surface area (Å²) in [6.45, 7) is 0.0546. The molecule has 1 saturated carbocycles. The van der Waals surface area contributed by atoms with Crippen LogP contribution in [-0.4, -0.2) is 23.0 Å². The van der Waals surface area contributed by atoms with Crippen molar-refractivity contribution >= 4 is 5.78 Å². The molecule has 0 aromatic heterocycles. The first-order valence-electron chi connectivity index (χ1n) is 9.62. The van der Waals surface area contributed by atoms with Crippen molar-refractivity contribution < 1.29 is 9.90 Å². The molecule has 1 fully saturated rings. The van der Waals surface area contributed by atoms with E-state index in [2.05, 4.69) is 36.4 Å². The van der Waals surface area contributed by atoms with Gasteiger partial charge in [-0.25, -0.2) is 0 Å². The van der Waals surface area contributed by atoms with E-state index in [0.29, 0.717) is 24.5 Å². The Kier molecular flexibility index (Phi) is 6.23. The molecule has 0 bridgehead atoms. The molecule has 138 valence electrons. The molecule has 1 aliphatic carbocycles. The molecule has 0 spiro atoms. The number of ketones is 1. The fraction of sp³-hybridized carbons (Fsp3) is 0.435. The van der Waals surface area contributed by atoms with Crippen molar-refractivity contribution in [2.75, 3.05) is 6.61 Å². The highest BCUT2D eigenvalue weighted by atomic mass is 16.3. The van der Waals surface area contributed by atoms with Crippen molar-refractivity contribution in [3.63, 3.8) is 0 Å². The second-order valence-corrected chi connectivity index (χ2v) is 7.76. The van der Waals surface area contributed by atoms with Crippen LogP contribution in [0.2, 0.25) is 0 Å². The summed E-state index contributed by atoms with van der Waals surface area (Å²) in [5.41, 5.74) is 9.40. The summed E-state index contributed by atoms with van der Waals surface area (Å²) in [5, 5.41) is 9.41. The number of benzene rings is 2. The number of carbonyl (C=O) groups excluding carboxylic acids is 1. The van der Waals surface area contributed by atoms with Gasteiger partial charge >= 0.3 is 0 Å². The predicted molar refractivity (Wildman–Crippen MR) is 105 cm³/mol. The summed E-state index contributed by atoms with van der Waals surface area (Å²) in [7, 11) is 0. The highest BCUT2D eigenvalue weighted by Crippen LogP contribution is 2.39. The van der Waals surface area contributed by atoms with Crippen LogP contribution in [0.15, 0.2) is 54.6 Å². The zero-order chi connectivity index (χ0) is 18.4. The van der Waals surface area contributed by atoms with Crippen molar-refractivity contribution in [3.05, 3.63) is 71.3 Å². The first kappa shape index (κ1) is 18.8. The van der Waals surface area contributed by atoms with Gasteiger partial charge in [0.25, 0.3) is 0 Å². The molecule has 3 N–H and O–H groups in total. The number of hydrogen-bond donors (Lipinski definition) is 2. The Hall–Kier alpha value is -1.97. The zero-order valence-electron chi connectivity index (χ0n) is 15.4. The normalized spacial score (nSPS) is 22.5. The third-order valence-electron chi connectivity index (χ3n) is 5.57. The van der Waals surface area contributed by atoms with Gasteiger partial charge in [-0.2, -0.15) is 0 Å². The fourth-order valence-electron chi connectivity index (χ4n) is 3.94. The van der Waals surface area contributed by atoms with E-state index in [-0.39, 0.29) is 6.61 Å². The van der Waals surface area contributed by atoms with E-state index < -0.39 is 5.54 Å². The SMILES string of the molecule is NC1(CO)CCC(c2ccc(CC(=O)CCCc3ccccc3)cc2)C1.